The number of hydrogen-bond donors (Lipinski definition) is 4. The first-order chi connectivity index (χ1) is 7.63. The van der Waals surface area contributed by atoms with Crippen LogP contribution < -0.4 is 22.3 Å². The standard InChI is InChI=1S/C9H14N4O.C2H6/c1-6(14)12-5-7-2-3-8(10)9(4-7)13-11;1-2/h2-4,13H,5,10-11H2,1H3,(H,12,14);1-2H3. The molecule has 1 aromatic rings. The average molecular weight is 224 g/mol. The number of rotatable bonds is 3. The molecule has 0 aromatic heterocycles. The minimum Gasteiger partial charge on any atom is -0.397 e. The van der Waals surface area contributed by atoms with Crippen LogP contribution in [0.1, 0.15) is 26.3 Å². The molecular weight excluding hydrogens is 204 g/mol. The van der Waals surface area contributed by atoms with E-state index in [0.717, 1.165) is 5.56 Å². The second-order valence-electron chi connectivity index (χ2n) is 2.98. The van der Waals surface area contributed by atoms with E-state index in [2.05, 4.69) is 10.7 Å². The summed E-state index contributed by atoms with van der Waals surface area (Å²) in [5, 5.41) is 2.68. The summed E-state index contributed by atoms with van der Waals surface area (Å²) in [5.41, 5.74) is 10.3. The maximum Gasteiger partial charge on any atom is 0.217 e. The van der Waals surface area contributed by atoms with Crippen LogP contribution in [-0.4, -0.2) is 5.91 Å². The number of carbonyl (C=O) groups is 1. The molecule has 0 saturated carbocycles. The Morgan fingerprint density at radius 3 is 2.50 bits per heavy atom. The van der Waals surface area contributed by atoms with Crippen LogP contribution in [0.3, 0.4) is 0 Å². The number of nitrogens with one attached hydrogen (secondary N) is 2. The van der Waals surface area contributed by atoms with Crippen molar-refractivity contribution in [1.29, 1.82) is 0 Å². The van der Waals surface area contributed by atoms with Gasteiger partial charge in [0.05, 0.1) is 11.4 Å². The van der Waals surface area contributed by atoms with Gasteiger partial charge in [0, 0.05) is 13.5 Å². The van der Waals surface area contributed by atoms with Crippen molar-refractivity contribution in [3.8, 4) is 0 Å². The molecule has 0 radical (unpaired) electrons. The van der Waals surface area contributed by atoms with Gasteiger partial charge in [0.15, 0.2) is 0 Å². The predicted octanol–water partition coefficient (Wildman–Crippen LogP) is 1.22. The molecule has 0 bridgehead atoms. The van der Waals surface area contributed by atoms with Gasteiger partial charge >= 0.3 is 0 Å². The van der Waals surface area contributed by atoms with Crippen LogP contribution in [0.5, 0.6) is 0 Å². The maximum absolute atomic E-state index is 10.7. The van der Waals surface area contributed by atoms with E-state index in [1.165, 1.54) is 6.92 Å². The lowest BCUT2D eigenvalue weighted by atomic mass is 10.2. The molecule has 0 aliphatic carbocycles. The zero-order valence-electron chi connectivity index (χ0n) is 10.0. The number of hydrazine groups is 1. The molecule has 5 heteroatoms. The van der Waals surface area contributed by atoms with Crippen molar-refractivity contribution in [2.75, 3.05) is 11.2 Å². The fraction of sp³-hybridized carbons (Fsp3) is 0.364. The molecule has 0 saturated heterocycles. The predicted molar refractivity (Wildman–Crippen MR) is 67.5 cm³/mol. The number of amides is 1. The van der Waals surface area contributed by atoms with E-state index in [1.54, 1.807) is 12.1 Å². The van der Waals surface area contributed by atoms with Crippen LogP contribution >= 0.6 is 0 Å². The largest absolute Gasteiger partial charge is 0.397 e. The third-order valence-corrected chi connectivity index (χ3v) is 1.81. The monoisotopic (exact) mass is 224 g/mol. The second kappa shape index (κ2) is 7.53. The Morgan fingerprint density at radius 1 is 1.38 bits per heavy atom. The Labute approximate surface area is 96.2 Å². The summed E-state index contributed by atoms with van der Waals surface area (Å²) in [6.07, 6.45) is 0. The SMILES string of the molecule is CC.CC(=O)NCc1ccc(N)c(NN)c1. The van der Waals surface area contributed by atoms with Crippen LogP contribution in [0, 0.1) is 0 Å². The smallest absolute Gasteiger partial charge is 0.217 e. The molecular formula is C11H20N4O. The molecule has 16 heavy (non-hydrogen) atoms. The van der Waals surface area contributed by atoms with Gasteiger partial charge in [-0.15, -0.1) is 0 Å². The lowest BCUT2D eigenvalue weighted by Gasteiger charge is -2.07. The van der Waals surface area contributed by atoms with Gasteiger partial charge < -0.3 is 16.5 Å². The second-order valence-corrected chi connectivity index (χ2v) is 2.98. The number of carbonyl (C=O) groups excluding carboxylic acids is 1. The van der Waals surface area contributed by atoms with Gasteiger partial charge in [-0.3, -0.25) is 10.6 Å². The average Bonchev–Trinajstić information content (AvgIpc) is 2.30. The van der Waals surface area contributed by atoms with Crippen molar-refractivity contribution in [3.63, 3.8) is 0 Å². The van der Waals surface area contributed by atoms with Gasteiger partial charge in [-0.1, -0.05) is 19.9 Å². The Hall–Kier alpha value is -1.75. The number of hydrogen-bond acceptors (Lipinski definition) is 4. The topological polar surface area (TPSA) is 93.2 Å². The van der Waals surface area contributed by atoms with E-state index in [4.69, 9.17) is 11.6 Å². The van der Waals surface area contributed by atoms with Crippen LogP contribution in [0.25, 0.3) is 0 Å². The number of benzene rings is 1. The molecule has 0 atom stereocenters. The molecule has 0 spiro atoms. The molecule has 0 heterocycles. The van der Waals surface area contributed by atoms with Gasteiger partial charge in [0.2, 0.25) is 5.91 Å². The molecule has 5 nitrogen and oxygen atoms in total. The van der Waals surface area contributed by atoms with E-state index in [-0.39, 0.29) is 5.91 Å². The summed E-state index contributed by atoms with van der Waals surface area (Å²) in [4.78, 5) is 10.7. The Kier molecular flexibility index (Phi) is 6.71. The highest BCUT2D eigenvalue weighted by atomic mass is 16.1. The molecule has 0 fully saturated rings. The number of nitrogens with two attached hydrogens (primary N) is 2. The van der Waals surface area contributed by atoms with Gasteiger partial charge in [0.25, 0.3) is 0 Å². The molecule has 6 N–H and O–H groups in total. The van der Waals surface area contributed by atoms with E-state index >= 15 is 0 Å². The minimum atomic E-state index is -0.0657. The summed E-state index contributed by atoms with van der Waals surface area (Å²) in [5.74, 6) is 5.19. The zero-order chi connectivity index (χ0) is 12.6. The molecule has 0 aliphatic heterocycles. The van der Waals surface area contributed by atoms with Crippen molar-refractivity contribution in [1.82, 2.24) is 5.32 Å². The molecule has 1 aromatic carbocycles. The van der Waals surface area contributed by atoms with E-state index < -0.39 is 0 Å². The summed E-state index contributed by atoms with van der Waals surface area (Å²) >= 11 is 0. The van der Waals surface area contributed by atoms with Crippen LogP contribution in [0.4, 0.5) is 11.4 Å². The Morgan fingerprint density at radius 2 is 2.00 bits per heavy atom. The first kappa shape index (κ1) is 14.2. The molecule has 0 unspecified atom stereocenters. The zero-order valence-corrected chi connectivity index (χ0v) is 10.0. The summed E-state index contributed by atoms with van der Waals surface area (Å²) in [7, 11) is 0. The number of nitrogen functional groups attached to an aromatic ring is 2. The Balaban J connectivity index is 0.00000106. The maximum atomic E-state index is 10.7. The minimum absolute atomic E-state index is 0.0657. The van der Waals surface area contributed by atoms with Gasteiger partial charge in [-0.2, -0.15) is 0 Å². The quantitative estimate of drug-likeness (QED) is 0.353. The van der Waals surface area contributed by atoms with E-state index in [0.29, 0.717) is 17.9 Å². The molecule has 90 valence electrons. The van der Waals surface area contributed by atoms with Crippen LogP contribution in [0.15, 0.2) is 18.2 Å². The van der Waals surface area contributed by atoms with E-state index in [1.807, 2.05) is 19.9 Å². The van der Waals surface area contributed by atoms with Crippen molar-refractivity contribution < 1.29 is 4.79 Å². The number of anilines is 2. The van der Waals surface area contributed by atoms with Crippen molar-refractivity contribution in [2.24, 2.45) is 5.84 Å². The third-order valence-electron chi connectivity index (χ3n) is 1.81. The normalized spacial score (nSPS) is 8.75. The van der Waals surface area contributed by atoms with Crippen LogP contribution in [-0.2, 0) is 11.3 Å². The highest BCUT2D eigenvalue weighted by Gasteiger charge is 1.99. The van der Waals surface area contributed by atoms with Gasteiger partial charge in [-0.25, -0.2) is 0 Å². The van der Waals surface area contributed by atoms with E-state index in [9.17, 15) is 4.79 Å². The lowest BCUT2D eigenvalue weighted by Crippen LogP contribution is -2.19. The van der Waals surface area contributed by atoms with Crippen LogP contribution in [0.2, 0.25) is 0 Å². The lowest BCUT2D eigenvalue weighted by molar-refractivity contribution is -0.119. The third kappa shape index (κ3) is 4.65. The fourth-order valence-electron chi connectivity index (χ4n) is 1.06. The summed E-state index contributed by atoms with van der Waals surface area (Å²) in [6, 6.07) is 5.38. The Bertz CT molecular complexity index is 339. The van der Waals surface area contributed by atoms with Crippen molar-refractivity contribution in [3.05, 3.63) is 23.8 Å². The van der Waals surface area contributed by atoms with Gasteiger partial charge in [-0.05, 0) is 17.7 Å². The highest BCUT2D eigenvalue weighted by molar-refractivity contribution is 5.73. The molecule has 0 aliphatic rings. The summed E-state index contributed by atoms with van der Waals surface area (Å²) in [6.45, 7) is 5.95. The summed E-state index contributed by atoms with van der Waals surface area (Å²) < 4.78 is 0. The van der Waals surface area contributed by atoms with Gasteiger partial charge in [0.1, 0.15) is 0 Å². The highest BCUT2D eigenvalue weighted by Crippen LogP contribution is 2.18. The first-order valence-electron chi connectivity index (χ1n) is 5.23. The van der Waals surface area contributed by atoms with Crippen molar-refractivity contribution in [2.45, 2.75) is 27.3 Å². The first-order valence-corrected chi connectivity index (χ1v) is 5.23. The van der Waals surface area contributed by atoms with Crippen molar-refractivity contribution >= 4 is 17.3 Å². The fourth-order valence-corrected chi connectivity index (χ4v) is 1.06. The molecule has 1 rings (SSSR count). The molecule has 1 amide bonds.